The Morgan fingerprint density at radius 3 is 2.48 bits per heavy atom. The van der Waals surface area contributed by atoms with Crippen molar-refractivity contribution < 1.29 is 37.9 Å². The molecule has 0 bridgehead atoms. The van der Waals surface area contributed by atoms with Crippen molar-refractivity contribution in [3.8, 4) is 5.75 Å². The molecule has 33 heavy (non-hydrogen) atoms. The number of hydrogen-bond acceptors (Lipinski definition) is 8. The van der Waals surface area contributed by atoms with Gasteiger partial charge in [0.25, 0.3) is 5.91 Å². The van der Waals surface area contributed by atoms with Crippen LogP contribution < -0.4 is 16.1 Å². The molecule has 0 aromatic heterocycles. The highest BCUT2D eigenvalue weighted by molar-refractivity contribution is 7.89. The first-order valence-electron chi connectivity index (χ1n) is 9.98. The van der Waals surface area contributed by atoms with Gasteiger partial charge < -0.3 is 15.1 Å². The number of halogens is 1. The Hall–Kier alpha value is -2.61. The van der Waals surface area contributed by atoms with Crippen LogP contribution in [0.1, 0.15) is 30.9 Å². The van der Waals surface area contributed by atoms with E-state index in [9.17, 15) is 22.7 Å². The van der Waals surface area contributed by atoms with Crippen LogP contribution in [-0.2, 0) is 21.4 Å². The van der Waals surface area contributed by atoms with Gasteiger partial charge in [-0.1, -0.05) is 6.07 Å². The third kappa shape index (κ3) is 6.05. The summed E-state index contributed by atoms with van der Waals surface area (Å²) in [6.45, 7) is 3.34. The normalized spacial score (nSPS) is 21.0. The van der Waals surface area contributed by atoms with E-state index in [1.54, 1.807) is 13.0 Å². The third-order valence-corrected chi connectivity index (χ3v) is 7.31. The van der Waals surface area contributed by atoms with E-state index in [1.807, 2.05) is 0 Å². The maximum Gasteiger partial charge on any atom is 0.264 e. The number of nitrogens with one attached hydrogen (secondary N) is 1. The van der Waals surface area contributed by atoms with E-state index in [2.05, 4.69) is 5.90 Å². The van der Waals surface area contributed by atoms with Gasteiger partial charge in [-0.2, -0.15) is 4.31 Å². The second-order valence-electron chi connectivity index (χ2n) is 7.79. The molecule has 1 amide bonds. The number of sulfonamides is 1. The van der Waals surface area contributed by atoms with E-state index in [-0.39, 0.29) is 30.3 Å². The van der Waals surface area contributed by atoms with Gasteiger partial charge in [-0.05, 0) is 74.2 Å². The van der Waals surface area contributed by atoms with E-state index >= 15 is 0 Å². The number of carbonyl (C=O) groups excluding carboxylic acids is 1. The SMILES string of the molecule is Cc1cc(F)ccc1COc1ccc(S(=O)(=O)N2CCC[C@@](C)(O)[C@@H]2C(=O)NO)cc1.NO. The fourth-order valence-electron chi connectivity index (χ4n) is 3.73. The van der Waals surface area contributed by atoms with Gasteiger partial charge in [0.1, 0.15) is 24.2 Å². The lowest BCUT2D eigenvalue weighted by Gasteiger charge is -2.42. The van der Waals surface area contributed by atoms with Gasteiger partial charge in [-0.25, -0.2) is 24.2 Å². The molecule has 0 unspecified atom stereocenters. The summed E-state index contributed by atoms with van der Waals surface area (Å²) in [5, 5.41) is 26.1. The lowest BCUT2D eigenvalue weighted by Crippen LogP contribution is -2.62. The van der Waals surface area contributed by atoms with Gasteiger partial charge in [0.05, 0.1) is 10.5 Å². The Morgan fingerprint density at radius 1 is 1.27 bits per heavy atom. The van der Waals surface area contributed by atoms with Crippen molar-refractivity contribution >= 4 is 15.9 Å². The topological polar surface area (TPSA) is 162 Å². The minimum absolute atomic E-state index is 0.0265. The molecule has 0 spiro atoms. The summed E-state index contributed by atoms with van der Waals surface area (Å²) in [5.74, 6) is 2.58. The van der Waals surface area contributed by atoms with E-state index in [0.717, 1.165) is 15.4 Å². The summed E-state index contributed by atoms with van der Waals surface area (Å²) in [4.78, 5) is 12.0. The van der Waals surface area contributed by atoms with Crippen LogP contribution in [0.25, 0.3) is 0 Å². The molecule has 0 saturated carbocycles. The molecule has 0 radical (unpaired) electrons. The van der Waals surface area contributed by atoms with E-state index in [4.69, 9.17) is 15.2 Å². The number of hydrogen-bond donors (Lipinski definition) is 5. The molecular formula is C21H28FN3O7S. The minimum Gasteiger partial charge on any atom is -0.489 e. The van der Waals surface area contributed by atoms with Gasteiger partial charge in [0.15, 0.2) is 0 Å². The van der Waals surface area contributed by atoms with Crippen LogP contribution in [0, 0.1) is 12.7 Å². The molecule has 2 aromatic rings. The molecule has 10 nitrogen and oxygen atoms in total. The molecular weight excluding hydrogens is 457 g/mol. The second-order valence-corrected chi connectivity index (χ2v) is 9.68. The van der Waals surface area contributed by atoms with Gasteiger partial charge in [-0.15, -0.1) is 0 Å². The van der Waals surface area contributed by atoms with Crippen molar-refractivity contribution in [2.75, 3.05) is 6.54 Å². The van der Waals surface area contributed by atoms with Crippen molar-refractivity contribution in [3.63, 3.8) is 0 Å². The molecule has 182 valence electrons. The van der Waals surface area contributed by atoms with E-state index in [0.29, 0.717) is 12.2 Å². The van der Waals surface area contributed by atoms with Crippen molar-refractivity contribution in [2.24, 2.45) is 5.90 Å². The Bertz CT molecular complexity index is 1060. The van der Waals surface area contributed by atoms with E-state index in [1.165, 1.54) is 48.8 Å². The average molecular weight is 486 g/mol. The third-order valence-electron chi connectivity index (χ3n) is 5.43. The molecule has 1 heterocycles. The number of carbonyl (C=O) groups is 1. The predicted molar refractivity (Wildman–Crippen MR) is 115 cm³/mol. The standard InChI is InChI=1S/C21H25FN2O6S.H3NO/c1-14-12-16(22)5-4-15(14)13-30-17-6-8-18(9-7-17)31(28,29)24-11-3-10-21(2,26)19(24)20(25)23-27;1-2/h4-9,12,19,26-27H,3,10-11,13H2,1-2H3,(H,23,25);2H,1H2/t19-,21+;/m0./s1. The predicted octanol–water partition coefficient (Wildman–Crippen LogP) is 1.46. The zero-order chi connectivity index (χ0) is 24.8. The summed E-state index contributed by atoms with van der Waals surface area (Å²) < 4.78 is 46.1. The first-order valence-corrected chi connectivity index (χ1v) is 11.4. The Kier molecular flexibility index (Phi) is 8.89. The highest BCUT2D eigenvalue weighted by atomic mass is 32.2. The van der Waals surface area contributed by atoms with Crippen LogP contribution in [0.2, 0.25) is 0 Å². The molecule has 12 heteroatoms. The summed E-state index contributed by atoms with van der Waals surface area (Å²) in [7, 11) is -4.13. The highest BCUT2D eigenvalue weighted by Gasteiger charge is 2.49. The van der Waals surface area contributed by atoms with Gasteiger partial charge in [0.2, 0.25) is 10.0 Å². The van der Waals surface area contributed by atoms with Crippen LogP contribution in [0.3, 0.4) is 0 Å². The molecule has 0 aliphatic carbocycles. The van der Waals surface area contributed by atoms with Crippen LogP contribution >= 0.6 is 0 Å². The van der Waals surface area contributed by atoms with Crippen molar-refractivity contribution in [1.29, 1.82) is 0 Å². The monoisotopic (exact) mass is 485 g/mol. The van der Waals surface area contributed by atoms with Crippen LogP contribution in [0.15, 0.2) is 47.4 Å². The molecule has 3 rings (SSSR count). The molecule has 2 aromatic carbocycles. The number of ether oxygens (including phenoxy) is 1. The van der Waals surface area contributed by atoms with Gasteiger partial charge in [0, 0.05) is 6.54 Å². The van der Waals surface area contributed by atoms with Gasteiger partial charge >= 0.3 is 0 Å². The lowest BCUT2D eigenvalue weighted by atomic mass is 9.87. The largest absolute Gasteiger partial charge is 0.489 e. The number of benzene rings is 2. The molecule has 1 aliphatic rings. The molecule has 1 aliphatic heterocycles. The van der Waals surface area contributed by atoms with Gasteiger partial charge in [-0.3, -0.25) is 10.0 Å². The smallest absolute Gasteiger partial charge is 0.264 e. The number of rotatable bonds is 6. The molecule has 2 atom stereocenters. The summed E-state index contributed by atoms with van der Waals surface area (Å²) in [6.07, 6.45) is 0.576. The molecule has 6 N–H and O–H groups in total. The first-order chi connectivity index (χ1) is 15.6. The number of hydroxylamine groups is 1. The lowest BCUT2D eigenvalue weighted by molar-refractivity contribution is -0.144. The number of aliphatic hydroxyl groups is 1. The number of nitrogens with zero attached hydrogens (tertiary/aromatic N) is 1. The second kappa shape index (κ2) is 11.0. The van der Waals surface area contributed by atoms with E-state index < -0.39 is 27.6 Å². The van der Waals surface area contributed by atoms with Crippen molar-refractivity contribution in [1.82, 2.24) is 9.79 Å². The zero-order valence-electron chi connectivity index (χ0n) is 18.2. The summed E-state index contributed by atoms with van der Waals surface area (Å²) >= 11 is 0. The van der Waals surface area contributed by atoms with Crippen LogP contribution in [-0.4, -0.2) is 52.3 Å². The minimum atomic E-state index is -4.13. The highest BCUT2D eigenvalue weighted by Crippen LogP contribution is 2.32. The Balaban J connectivity index is 0.00000187. The molecule has 1 fully saturated rings. The van der Waals surface area contributed by atoms with Crippen LogP contribution in [0.5, 0.6) is 5.75 Å². The number of nitrogens with two attached hydrogens (primary N) is 1. The average Bonchev–Trinajstić information content (AvgIpc) is 2.79. The number of piperidine rings is 1. The first kappa shape index (κ1) is 26.6. The summed E-state index contributed by atoms with van der Waals surface area (Å²) in [5.41, 5.74) is 1.35. The van der Waals surface area contributed by atoms with Crippen molar-refractivity contribution in [3.05, 3.63) is 59.4 Å². The fourth-order valence-corrected chi connectivity index (χ4v) is 5.45. The zero-order valence-corrected chi connectivity index (χ0v) is 19.0. The Labute approximate surface area is 191 Å². The number of amides is 1. The maximum absolute atomic E-state index is 13.2. The quantitative estimate of drug-likeness (QED) is 0.303. The molecule has 1 saturated heterocycles. The van der Waals surface area contributed by atoms with Crippen LogP contribution in [0.4, 0.5) is 4.39 Å². The number of aryl methyl sites for hydroxylation is 1. The maximum atomic E-state index is 13.2. The Morgan fingerprint density at radius 2 is 1.91 bits per heavy atom. The summed E-state index contributed by atoms with van der Waals surface area (Å²) in [6, 6.07) is 8.56. The fraction of sp³-hybridized carbons (Fsp3) is 0.381. The van der Waals surface area contributed by atoms with Crippen molar-refractivity contribution in [2.45, 2.75) is 49.8 Å².